The molecular weight excluding hydrogens is 190 g/mol. The lowest BCUT2D eigenvalue weighted by molar-refractivity contribution is 1.04. The van der Waals surface area contributed by atoms with Crippen molar-refractivity contribution in [3.63, 3.8) is 0 Å². The summed E-state index contributed by atoms with van der Waals surface area (Å²) in [6.07, 6.45) is 1.55. The van der Waals surface area contributed by atoms with Crippen LogP contribution in [0.1, 0.15) is 12.0 Å². The van der Waals surface area contributed by atoms with E-state index in [1.165, 1.54) is 0 Å². The lowest BCUT2D eigenvalue weighted by Gasteiger charge is -2.01. The molecule has 0 aliphatic carbocycles. The van der Waals surface area contributed by atoms with Gasteiger partial charge >= 0.3 is 0 Å². The topological polar surface area (TPSA) is 26.0 Å². The molecular formula is C9H10ClNS. The summed E-state index contributed by atoms with van der Waals surface area (Å²) in [5, 5.41) is 0.786. The molecule has 12 heavy (non-hydrogen) atoms. The van der Waals surface area contributed by atoms with Crippen LogP contribution >= 0.6 is 23.8 Å². The first-order valence-corrected chi connectivity index (χ1v) is 4.50. The van der Waals surface area contributed by atoms with Crippen molar-refractivity contribution in [2.24, 2.45) is 5.73 Å². The van der Waals surface area contributed by atoms with E-state index in [0.29, 0.717) is 4.99 Å². The van der Waals surface area contributed by atoms with Crippen molar-refractivity contribution in [1.29, 1.82) is 0 Å². The highest BCUT2D eigenvalue weighted by atomic mass is 35.5. The molecule has 0 saturated heterocycles. The highest BCUT2D eigenvalue weighted by molar-refractivity contribution is 7.80. The summed E-state index contributed by atoms with van der Waals surface area (Å²) >= 11 is 10.7. The van der Waals surface area contributed by atoms with Crippen LogP contribution in [0.2, 0.25) is 5.02 Å². The number of benzene rings is 1. The molecule has 0 aliphatic rings. The van der Waals surface area contributed by atoms with E-state index in [0.717, 1.165) is 23.4 Å². The minimum atomic E-state index is 0.537. The van der Waals surface area contributed by atoms with Crippen molar-refractivity contribution in [3.8, 4) is 0 Å². The van der Waals surface area contributed by atoms with Gasteiger partial charge in [-0.1, -0.05) is 42.0 Å². The summed E-state index contributed by atoms with van der Waals surface area (Å²) in [6, 6.07) is 7.73. The number of halogens is 1. The molecule has 1 nitrogen and oxygen atoms in total. The number of hydrogen-bond donors (Lipinski definition) is 1. The largest absolute Gasteiger partial charge is 0.393 e. The first kappa shape index (κ1) is 9.49. The number of rotatable bonds is 3. The monoisotopic (exact) mass is 199 g/mol. The van der Waals surface area contributed by atoms with Crippen molar-refractivity contribution in [2.45, 2.75) is 12.8 Å². The maximum absolute atomic E-state index is 5.92. The highest BCUT2D eigenvalue weighted by Gasteiger charge is 1.98. The molecule has 1 rings (SSSR count). The van der Waals surface area contributed by atoms with Gasteiger partial charge in [-0.2, -0.15) is 0 Å². The Bertz CT molecular complexity index is 286. The third kappa shape index (κ3) is 2.80. The van der Waals surface area contributed by atoms with E-state index < -0.39 is 0 Å². The summed E-state index contributed by atoms with van der Waals surface area (Å²) in [7, 11) is 0. The average Bonchev–Trinajstić information content (AvgIpc) is 2.03. The maximum atomic E-state index is 5.92. The van der Waals surface area contributed by atoms with Gasteiger partial charge in [0.15, 0.2) is 0 Å². The van der Waals surface area contributed by atoms with E-state index in [2.05, 4.69) is 0 Å². The number of thiocarbonyl (C=S) groups is 1. The molecule has 0 aromatic heterocycles. The lowest BCUT2D eigenvalue weighted by atomic mass is 10.1. The first-order valence-electron chi connectivity index (χ1n) is 3.72. The SMILES string of the molecule is NC(=S)CCc1ccccc1Cl. The van der Waals surface area contributed by atoms with Crippen LogP contribution in [0.3, 0.4) is 0 Å². The molecule has 1 aromatic rings. The van der Waals surface area contributed by atoms with Crippen LogP contribution in [0.25, 0.3) is 0 Å². The normalized spacial score (nSPS) is 9.75. The minimum absolute atomic E-state index is 0.537. The van der Waals surface area contributed by atoms with Gasteiger partial charge in [-0.15, -0.1) is 0 Å². The Morgan fingerprint density at radius 1 is 1.42 bits per heavy atom. The molecule has 0 fully saturated rings. The molecule has 1 aromatic carbocycles. The fourth-order valence-electron chi connectivity index (χ4n) is 0.959. The Hall–Kier alpha value is -0.600. The van der Waals surface area contributed by atoms with Crippen molar-refractivity contribution >= 4 is 28.8 Å². The smallest absolute Gasteiger partial charge is 0.0730 e. The molecule has 2 N–H and O–H groups in total. The van der Waals surface area contributed by atoms with Crippen LogP contribution < -0.4 is 5.73 Å². The van der Waals surface area contributed by atoms with Crippen molar-refractivity contribution in [2.75, 3.05) is 0 Å². The lowest BCUT2D eigenvalue weighted by Crippen LogP contribution is -2.08. The fourth-order valence-corrected chi connectivity index (χ4v) is 1.29. The molecule has 0 bridgehead atoms. The molecule has 0 heterocycles. The van der Waals surface area contributed by atoms with Crippen LogP contribution in [0.15, 0.2) is 24.3 Å². The van der Waals surface area contributed by atoms with Gasteiger partial charge < -0.3 is 5.73 Å². The predicted molar refractivity (Wildman–Crippen MR) is 56.6 cm³/mol. The molecule has 0 aliphatic heterocycles. The molecule has 0 radical (unpaired) electrons. The van der Waals surface area contributed by atoms with Crippen LogP contribution in [0, 0.1) is 0 Å². The molecule has 0 atom stereocenters. The maximum Gasteiger partial charge on any atom is 0.0730 e. The van der Waals surface area contributed by atoms with Gasteiger partial charge in [0, 0.05) is 11.4 Å². The van der Waals surface area contributed by atoms with Crippen molar-refractivity contribution < 1.29 is 0 Å². The van der Waals surface area contributed by atoms with E-state index in [4.69, 9.17) is 29.6 Å². The zero-order valence-corrected chi connectivity index (χ0v) is 8.16. The number of hydrogen-bond acceptors (Lipinski definition) is 1. The van der Waals surface area contributed by atoms with E-state index >= 15 is 0 Å². The second kappa shape index (κ2) is 4.43. The summed E-state index contributed by atoms with van der Waals surface area (Å²) in [5.74, 6) is 0. The third-order valence-electron chi connectivity index (χ3n) is 1.60. The van der Waals surface area contributed by atoms with Gasteiger partial charge in [0.25, 0.3) is 0 Å². The highest BCUT2D eigenvalue weighted by Crippen LogP contribution is 2.16. The zero-order valence-electron chi connectivity index (χ0n) is 6.59. The zero-order chi connectivity index (χ0) is 8.97. The van der Waals surface area contributed by atoms with Crippen LogP contribution in [0.4, 0.5) is 0 Å². The molecule has 3 heteroatoms. The average molecular weight is 200 g/mol. The summed E-state index contributed by atoms with van der Waals surface area (Å²) in [6.45, 7) is 0. The summed E-state index contributed by atoms with van der Waals surface area (Å²) in [4.78, 5) is 0.537. The van der Waals surface area contributed by atoms with E-state index in [1.807, 2.05) is 24.3 Å². The Morgan fingerprint density at radius 3 is 2.67 bits per heavy atom. The fraction of sp³-hybridized carbons (Fsp3) is 0.222. The van der Waals surface area contributed by atoms with Gasteiger partial charge in [0.2, 0.25) is 0 Å². The molecule has 0 amide bonds. The van der Waals surface area contributed by atoms with Gasteiger partial charge in [0.05, 0.1) is 4.99 Å². The second-order valence-corrected chi connectivity index (χ2v) is 3.49. The van der Waals surface area contributed by atoms with E-state index in [1.54, 1.807) is 0 Å². The van der Waals surface area contributed by atoms with Crippen LogP contribution in [-0.2, 0) is 6.42 Å². The minimum Gasteiger partial charge on any atom is -0.393 e. The molecule has 0 unspecified atom stereocenters. The van der Waals surface area contributed by atoms with E-state index in [9.17, 15) is 0 Å². The number of nitrogens with two attached hydrogens (primary N) is 1. The van der Waals surface area contributed by atoms with Gasteiger partial charge in [-0.3, -0.25) is 0 Å². The third-order valence-corrected chi connectivity index (χ3v) is 2.17. The molecule has 0 spiro atoms. The van der Waals surface area contributed by atoms with Gasteiger partial charge in [0.1, 0.15) is 0 Å². The van der Waals surface area contributed by atoms with Gasteiger partial charge in [-0.25, -0.2) is 0 Å². The van der Waals surface area contributed by atoms with Gasteiger partial charge in [-0.05, 0) is 18.1 Å². The second-order valence-electron chi connectivity index (χ2n) is 2.56. The quantitative estimate of drug-likeness (QED) is 0.758. The first-order chi connectivity index (χ1) is 5.70. The predicted octanol–water partition coefficient (Wildman–Crippen LogP) is 2.56. The van der Waals surface area contributed by atoms with Crippen LogP contribution in [0.5, 0.6) is 0 Å². The Morgan fingerprint density at radius 2 is 2.08 bits per heavy atom. The number of aryl methyl sites for hydroxylation is 1. The summed E-state index contributed by atoms with van der Waals surface area (Å²) in [5.41, 5.74) is 6.48. The standard InChI is InChI=1S/C9H10ClNS/c10-8-4-2-1-3-7(8)5-6-9(11)12/h1-4H,5-6H2,(H2,11,12). The van der Waals surface area contributed by atoms with E-state index in [-0.39, 0.29) is 0 Å². The van der Waals surface area contributed by atoms with Crippen molar-refractivity contribution in [3.05, 3.63) is 34.9 Å². The van der Waals surface area contributed by atoms with Crippen molar-refractivity contribution in [1.82, 2.24) is 0 Å². The summed E-state index contributed by atoms with van der Waals surface area (Å²) < 4.78 is 0. The Balaban J connectivity index is 2.63. The molecule has 0 saturated carbocycles. The van der Waals surface area contributed by atoms with Crippen LogP contribution in [-0.4, -0.2) is 4.99 Å². The Labute approximate surface area is 82.5 Å². The molecule has 64 valence electrons. The Kier molecular flexibility index (Phi) is 3.50.